The van der Waals surface area contributed by atoms with Gasteiger partial charge in [-0.25, -0.2) is 9.37 Å². The van der Waals surface area contributed by atoms with E-state index in [0.717, 1.165) is 48.6 Å². The number of esters is 1. The highest BCUT2D eigenvalue weighted by Gasteiger charge is 2.21. The molecular formula is C27H36FN5O4. The predicted molar refractivity (Wildman–Crippen MR) is 141 cm³/mol. The molecule has 1 fully saturated rings. The second-order valence-electron chi connectivity index (χ2n) is 9.64. The minimum absolute atomic E-state index is 0.225. The van der Waals surface area contributed by atoms with Crippen LogP contribution in [0.1, 0.15) is 52.8 Å². The SMILES string of the molecule is CC(=O)OC(C)(C)C.CCc1nc(-n2[nH]c(-c3ccc(F)cc3)cc2=O)nc(N2CCOCC2)c1CC. The largest absolute Gasteiger partial charge is 0.460 e. The van der Waals surface area contributed by atoms with E-state index in [4.69, 9.17) is 14.5 Å². The van der Waals surface area contributed by atoms with Crippen molar-refractivity contribution in [2.45, 2.75) is 60.0 Å². The quantitative estimate of drug-likeness (QED) is 0.513. The lowest BCUT2D eigenvalue weighted by atomic mass is 10.1. The Bertz CT molecular complexity index is 1260. The molecule has 0 aliphatic carbocycles. The Balaban J connectivity index is 0.000000414. The molecule has 0 atom stereocenters. The zero-order valence-corrected chi connectivity index (χ0v) is 22.4. The molecule has 4 rings (SSSR count). The first-order chi connectivity index (χ1) is 17.5. The Hall–Kier alpha value is -3.53. The van der Waals surface area contributed by atoms with Crippen LogP contribution in [-0.4, -0.2) is 57.6 Å². The first-order valence-corrected chi connectivity index (χ1v) is 12.5. The summed E-state index contributed by atoms with van der Waals surface area (Å²) in [5, 5.41) is 3.07. The fourth-order valence-corrected chi connectivity index (χ4v) is 4.05. The molecule has 9 nitrogen and oxygen atoms in total. The topological polar surface area (TPSA) is 102 Å². The number of aromatic nitrogens is 4. The van der Waals surface area contributed by atoms with Crippen LogP contribution in [-0.2, 0) is 27.1 Å². The van der Waals surface area contributed by atoms with Crippen molar-refractivity contribution in [3.63, 3.8) is 0 Å². The van der Waals surface area contributed by atoms with Crippen molar-refractivity contribution in [1.29, 1.82) is 0 Å². The van der Waals surface area contributed by atoms with Crippen LogP contribution in [0.4, 0.5) is 10.2 Å². The van der Waals surface area contributed by atoms with E-state index in [0.29, 0.717) is 24.9 Å². The number of carbonyl (C=O) groups excluding carboxylic acids is 1. The maximum Gasteiger partial charge on any atom is 0.303 e. The summed E-state index contributed by atoms with van der Waals surface area (Å²) in [5.74, 6) is 0.635. The van der Waals surface area contributed by atoms with Gasteiger partial charge in [-0.2, -0.15) is 9.67 Å². The standard InChI is InChI=1S/C21H24FN5O2.C6H12O2/c1-3-16-17(4-2)23-21(24-20(16)26-9-11-29-12-10-26)27-19(28)13-18(25-27)14-5-7-15(22)8-6-14;1-5(7)8-6(2,3)4/h5-8,13,25H,3-4,9-12H2,1-2H3;1-4H3. The van der Waals surface area contributed by atoms with Gasteiger partial charge >= 0.3 is 5.97 Å². The number of aromatic amines is 1. The summed E-state index contributed by atoms with van der Waals surface area (Å²) in [7, 11) is 0. The maximum absolute atomic E-state index is 13.2. The highest BCUT2D eigenvalue weighted by atomic mass is 19.1. The lowest BCUT2D eigenvalue weighted by molar-refractivity contribution is -0.151. The third kappa shape index (κ3) is 7.48. The molecule has 1 aliphatic heterocycles. The molecule has 3 heterocycles. The second-order valence-corrected chi connectivity index (χ2v) is 9.64. The summed E-state index contributed by atoms with van der Waals surface area (Å²) >= 11 is 0. The Morgan fingerprint density at radius 3 is 2.27 bits per heavy atom. The van der Waals surface area contributed by atoms with E-state index in [2.05, 4.69) is 28.8 Å². The third-order valence-electron chi connectivity index (χ3n) is 5.58. The lowest BCUT2D eigenvalue weighted by Gasteiger charge is -2.30. The second kappa shape index (κ2) is 12.1. The number of hydrogen-bond donors (Lipinski definition) is 1. The van der Waals surface area contributed by atoms with Crippen molar-refractivity contribution in [2.24, 2.45) is 0 Å². The number of halogens is 1. The van der Waals surface area contributed by atoms with Gasteiger partial charge in [-0.1, -0.05) is 13.8 Å². The van der Waals surface area contributed by atoms with Gasteiger partial charge in [0.05, 0.1) is 24.6 Å². The molecule has 10 heteroatoms. The molecule has 0 unspecified atom stereocenters. The zero-order valence-electron chi connectivity index (χ0n) is 22.4. The van der Waals surface area contributed by atoms with Crippen molar-refractivity contribution < 1.29 is 18.7 Å². The highest BCUT2D eigenvalue weighted by molar-refractivity contribution is 5.66. The number of anilines is 1. The number of aryl methyl sites for hydroxylation is 1. The van der Waals surface area contributed by atoms with E-state index in [1.54, 1.807) is 12.1 Å². The number of morpholine rings is 1. The fourth-order valence-electron chi connectivity index (χ4n) is 4.05. The molecule has 1 N–H and O–H groups in total. The number of rotatable bonds is 5. The molecule has 0 bridgehead atoms. The van der Waals surface area contributed by atoms with Crippen LogP contribution in [0, 0.1) is 5.82 Å². The van der Waals surface area contributed by atoms with E-state index in [9.17, 15) is 14.0 Å². The van der Waals surface area contributed by atoms with E-state index < -0.39 is 0 Å². The van der Waals surface area contributed by atoms with Gasteiger partial charge in [-0.15, -0.1) is 0 Å². The number of benzene rings is 1. The van der Waals surface area contributed by atoms with Crippen LogP contribution in [0.3, 0.4) is 0 Å². The van der Waals surface area contributed by atoms with Crippen molar-refractivity contribution in [3.05, 3.63) is 57.8 Å². The molecule has 1 aromatic carbocycles. The molecule has 0 spiro atoms. The van der Waals surface area contributed by atoms with E-state index in [-0.39, 0.29) is 22.9 Å². The van der Waals surface area contributed by atoms with Crippen molar-refractivity contribution in [3.8, 4) is 17.2 Å². The third-order valence-corrected chi connectivity index (χ3v) is 5.58. The van der Waals surface area contributed by atoms with Crippen molar-refractivity contribution in [2.75, 3.05) is 31.2 Å². The monoisotopic (exact) mass is 513 g/mol. The molecule has 1 saturated heterocycles. The first-order valence-electron chi connectivity index (χ1n) is 12.5. The summed E-state index contributed by atoms with van der Waals surface area (Å²) in [6.07, 6.45) is 1.56. The van der Waals surface area contributed by atoms with Crippen LogP contribution in [0.2, 0.25) is 0 Å². The van der Waals surface area contributed by atoms with Gasteiger partial charge in [-0.05, 0) is 63.4 Å². The molecule has 37 heavy (non-hydrogen) atoms. The predicted octanol–water partition coefficient (Wildman–Crippen LogP) is 4.07. The summed E-state index contributed by atoms with van der Waals surface area (Å²) < 4.78 is 24.8. The molecule has 0 saturated carbocycles. The van der Waals surface area contributed by atoms with Gasteiger partial charge < -0.3 is 14.4 Å². The van der Waals surface area contributed by atoms with Gasteiger partial charge in [0, 0.05) is 31.6 Å². The van der Waals surface area contributed by atoms with Crippen LogP contribution in [0.15, 0.2) is 35.1 Å². The number of H-pyrrole nitrogens is 1. The van der Waals surface area contributed by atoms with Crippen LogP contribution < -0.4 is 10.5 Å². The zero-order chi connectivity index (χ0) is 27.2. The maximum atomic E-state index is 13.2. The Morgan fingerprint density at radius 2 is 1.76 bits per heavy atom. The van der Waals surface area contributed by atoms with Crippen molar-refractivity contribution >= 4 is 11.8 Å². The number of nitrogens with one attached hydrogen (secondary N) is 1. The van der Waals surface area contributed by atoms with E-state index in [1.165, 1.54) is 29.8 Å². The summed E-state index contributed by atoms with van der Waals surface area (Å²) in [5.41, 5.74) is 2.76. The molecule has 2 aromatic heterocycles. The average molecular weight is 514 g/mol. The van der Waals surface area contributed by atoms with Crippen LogP contribution >= 0.6 is 0 Å². The van der Waals surface area contributed by atoms with Crippen LogP contribution in [0.25, 0.3) is 17.2 Å². The molecule has 0 amide bonds. The number of ether oxygens (including phenoxy) is 2. The number of nitrogens with zero attached hydrogens (tertiary/aromatic N) is 4. The highest BCUT2D eigenvalue weighted by Crippen LogP contribution is 2.24. The molecular weight excluding hydrogens is 477 g/mol. The van der Waals surface area contributed by atoms with Crippen LogP contribution in [0.5, 0.6) is 0 Å². The Kier molecular flexibility index (Phi) is 9.20. The molecule has 1 aliphatic rings. The van der Waals surface area contributed by atoms with Gasteiger partial charge in [0.15, 0.2) is 0 Å². The molecule has 3 aromatic rings. The van der Waals surface area contributed by atoms with E-state index in [1.807, 2.05) is 20.8 Å². The van der Waals surface area contributed by atoms with Gasteiger partial charge in [0.2, 0.25) is 0 Å². The van der Waals surface area contributed by atoms with Gasteiger partial charge in [0.25, 0.3) is 11.5 Å². The normalized spacial score (nSPS) is 13.6. The summed E-state index contributed by atoms with van der Waals surface area (Å²) in [6.45, 7) is 13.9. The first kappa shape index (κ1) is 28.0. The fraction of sp³-hybridized carbons (Fsp3) is 0.481. The Labute approximate surface area is 216 Å². The minimum Gasteiger partial charge on any atom is -0.460 e. The molecule has 0 radical (unpaired) electrons. The lowest BCUT2D eigenvalue weighted by Crippen LogP contribution is -2.38. The van der Waals surface area contributed by atoms with Gasteiger partial charge in [0.1, 0.15) is 17.2 Å². The Morgan fingerprint density at radius 1 is 1.11 bits per heavy atom. The summed E-state index contributed by atoms with van der Waals surface area (Å²) in [4.78, 5) is 34.5. The van der Waals surface area contributed by atoms with Gasteiger partial charge in [-0.3, -0.25) is 14.7 Å². The molecule has 200 valence electrons. The van der Waals surface area contributed by atoms with E-state index >= 15 is 0 Å². The number of carbonyl (C=O) groups is 1. The smallest absolute Gasteiger partial charge is 0.303 e. The minimum atomic E-state index is -0.328. The number of hydrogen-bond acceptors (Lipinski definition) is 7. The average Bonchev–Trinajstić information content (AvgIpc) is 3.24. The summed E-state index contributed by atoms with van der Waals surface area (Å²) in [6, 6.07) is 7.46. The van der Waals surface area contributed by atoms with Crippen molar-refractivity contribution in [1.82, 2.24) is 19.7 Å².